The van der Waals surface area contributed by atoms with Crippen molar-refractivity contribution >= 4 is 27.3 Å². The lowest BCUT2D eigenvalue weighted by Gasteiger charge is -2.29. The summed E-state index contributed by atoms with van der Waals surface area (Å²) in [6.45, 7) is 5.60. The molecule has 2 unspecified atom stereocenters. The van der Waals surface area contributed by atoms with Gasteiger partial charge >= 0.3 is 0 Å². The first kappa shape index (κ1) is 25.2. The highest BCUT2D eigenvalue weighted by molar-refractivity contribution is 7.93. The molecule has 11 heteroatoms. The lowest BCUT2D eigenvalue weighted by Crippen LogP contribution is -2.36. The summed E-state index contributed by atoms with van der Waals surface area (Å²) in [7, 11) is -2.63. The molecule has 0 aliphatic carbocycles. The van der Waals surface area contributed by atoms with E-state index in [1.165, 1.54) is 18.3 Å². The number of amides is 1. The van der Waals surface area contributed by atoms with Crippen LogP contribution in [0, 0.1) is 24.1 Å². The molecule has 2 aromatic rings. The number of aryl methyl sites for hydroxylation is 1. The van der Waals surface area contributed by atoms with Gasteiger partial charge < -0.3 is 11.1 Å². The first-order valence-corrected chi connectivity index (χ1v) is 12.8. The number of carbonyl (C=O) groups is 1. The molecule has 1 aliphatic heterocycles. The number of nitriles is 1. The van der Waals surface area contributed by atoms with Crippen molar-refractivity contribution in [2.24, 2.45) is 15.1 Å². The number of anilines is 1. The Bertz CT molecular complexity index is 1290. The Balaban J connectivity index is 2.00. The molecule has 2 atom stereocenters. The molecule has 3 N–H and O–H groups in total. The van der Waals surface area contributed by atoms with E-state index in [0.29, 0.717) is 29.8 Å². The van der Waals surface area contributed by atoms with Gasteiger partial charge in [0.05, 0.1) is 17.2 Å². The number of aromatic nitrogens is 2. The van der Waals surface area contributed by atoms with Crippen LogP contribution in [-0.4, -0.2) is 44.0 Å². The molecule has 0 bridgehead atoms. The van der Waals surface area contributed by atoms with Gasteiger partial charge in [0, 0.05) is 34.6 Å². The maximum atomic E-state index is 15.1. The van der Waals surface area contributed by atoms with Crippen LogP contribution in [0.15, 0.2) is 33.8 Å². The van der Waals surface area contributed by atoms with Gasteiger partial charge in [0.25, 0.3) is 5.91 Å². The number of hydrogen-bond acceptors (Lipinski definition) is 7. The highest BCUT2D eigenvalue weighted by Gasteiger charge is 2.36. The summed E-state index contributed by atoms with van der Waals surface area (Å²) in [4.78, 5) is 25.7. The largest absolute Gasteiger partial charge is 0.387 e. The van der Waals surface area contributed by atoms with Gasteiger partial charge in [-0.25, -0.2) is 22.9 Å². The average Bonchev–Trinajstić information content (AvgIpc) is 2.79. The summed E-state index contributed by atoms with van der Waals surface area (Å²) >= 11 is 0. The third-order valence-electron chi connectivity index (χ3n) is 5.48. The number of nitrogens with zero attached hydrogens (tertiary/aromatic N) is 5. The summed E-state index contributed by atoms with van der Waals surface area (Å²) < 4.78 is 32.8. The summed E-state index contributed by atoms with van der Waals surface area (Å²) in [5, 5.41) is 11.6. The fourth-order valence-electron chi connectivity index (χ4n) is 3.78. The van der Waals surface area contributed by atoms with Crippen LogP contribution in [0.3, 0.4) is 0 Å². The number of carbonyl (C=O) groups excluding carboxylic acids is 1. The van der Waals surface area contributed by atoms with Crippen molar-refractivity contribution in [1.82, 2.24) is 9.97 Å². The first-order chi connectivity index (χ1) is 16.1. The molecule has 180 valence electrons. The summed E-state index contributed by atoms with van der Waals surface area (Å²) in [5.41, 5.74) is 5.55. The maximum absolute atomic E-state index is 15.1. The summed E-state index contributed by atoms with van der Waals surface area (Å²) in [6, 6.07) is 6.02. The van der Waals surface area contributed by atoms with Crippen LogP contribution in [0.5, 0.6) is 0 Å². The molecule has 1 amide bonds. The molecule has 0 radical (unpaired) electrons. The molecule has 0 aromatic carbocycles. The second-order valence-electron chi connectivity index (χ2n) is 8.39. The van der Waals surface area contributed by atoms with Gasteiger partial charge in [0.15, 0.2) is 0 Å². The molecule has 0 fully saturated rings. The molecule has 1 aliphatic rings. The molecule has 0 saturated carbocycles. The number of halogens is 1. The lowest BCUT2D eigenvalue weighted by molar-refractivity contribution is 0.102. The van der Waals surface area contributed by atoms with E-state index in [1.807, 2.05) is 13.0 Å². The molecule has 3 heterocycles. The van der Waals surface area contributed by atoms with E-state index >= 15 is 4.39 Å². The number of nitrogens with one attached hydrogen (secondary N) is 1. The minimum atomic E-state index is -2.63. The Labute approximate surface area is 198 Å². The molecular weight excluding hydrogens is 457 g/mol. The number of aliphatic imine (C=N–C) groups is 1. The molecule has 9 nitrogen and oxygen atoms in total. The third kappa shape index (κ3) is 5.75. The fourth-order valence-corrected chi connectivity index (χ4v) is 6.34. The van der Waals surface area contributed by atoms with Crippen LogP contribution in [-0.2, 0) is 15.3 Å². The van der Waals surface area contributed by atoms with Crippen LogP contribution >= 0.6 is 0 Å². The normalized spacial score (nSPS) is 20.0. The number of pyridine rings is 2. The van der Waals surface area contributed by atoms with E-state index in [0.717, 1.165) is 12.8 Å². The Hall–Kier alpha value is -3.39. The molecule has 34 heavy (non-hydrogen) atoms. The number of rotatable bonds is 7. The third-order valence-corrected chi connectivity index (χ3v) is 8.07. The van der Waals surface area contributed by atoms with Gasteiger partial charge in [-0.15, -0.1) is 0 Å². The highest BCUT2D eigenvalue weighted by atomic mass is 32.2. The summed E-state index contributed by atoms with van der Waals surface area (Å²) in [6.07, 6.45) is 3.36. The lowest BCUT2D eigenvalue weighted by atomic mass is 9.99. The quantitative estimate of drug-likeness (QED) is 0.454. The van der Waals surface area contributed by atoms with Gasteiger partial charge in [-0.1, -0.05) is 6.92 Å². The maximum Gasteiger partial charge on any atom is 0.275 e. The Morgan fingerprint density at radius 2 is 2.18 bits per heavy atom. The Morgan fingerprint density at radius 1 is 1.41 bits per heavy atom. The van der Waals surface area contributed by atoms with Crippen molar-refractivity contribution in [3.8, 4) is 6.07 Å². The topological polar surface area (TPSA) is 146 Å². The van der Waals surface area contributed by atoms with Crippen LogP contribution in [0.2, 0.25) is 0 Å². The van der Waals surface area contributed by atoms with Gasteiger partial charge in [-0.2, -0.15) is 5.26 Å². The second kappa shape index (κ2) is 10.3. The number of hydrogen-bond donors (Lipinski definition) is 2. The van der Waals surface area contributed by atoms with Gasteiger partial charge in [-0.05, 0) is 50.5 Å². The smallest absolute Gasteiger partial charge is 0.275 e. The Morgan fingerprint density at radius 3 is 2.79 bits per heavy atom. The van der Waals surface area contributed by atoms with E-state index in [9.17, 15) is 9.00 Å². The zero-order valence-electron chi connectivity index (χ0n) is 19.5. The Kier molecular flexibility index (Phi) is 7.61. The standard InChI is InChI=1S/C23H28FN7O2S/c1-4-18(26)31-23(3,14-34(33)10-6-5-9-28-34)21-17(24)7-8-19(29-21)30-22(32)20-15(2)11-16(12-25)13-27-20/h7-8,11,13H,4-6,9-10,14H2,1-3H3,(H2,26,31)(H,29,30,32). The fraction of sp³-hybridized carbons (Fsp3) is 0.435. The zero-order chi connectivity index (χ0) is 24.9. The number of amidine groups is 1. The van der Waals surface area contributed by atoms with Crippen molar-refractivity contribution < 1.29 is 13.4 Å². The van der Waals surface area contributed by atoms with Crippen molar-refractivity contribution in [1.29, 1.82) is 5.26 Å². The zero-order valence-corrected chi connectivity index (χ0v) is 20.3. The molecule has 0 saturated heterocycles. The predicted molar refractivity (Wildman–Crippen MR) is 130 cm³/mol. The molecule has 2 aromatic heterocycles. The predicted octanol–water partition coefficient (Wildman–Crippen LogP) is 3.29. The first-order valence-electron chi connectivity index (χ1n) is 11.0. The monoisotopic (exact) mass is 485 g/mol. The van der Waals surface area contributed by atoms with Crippen molar-refractivity contribution in [3.05, 3.63) is 52.7 Å². The van der Waals surface area contributed by atoms with Crippen molar-refractivity contribution in [2.45, 2.75) is 45.6 Å². The highest BCUT2D eigenvalue weighted by Crippen LogP contribution is 2.31. The molecule has 0 spiro atoms. The van der Waals surface area contributed by atoms with Gasteiger partial charge in [-0.3, -0.25) is 9.79 Å². The molecule has 3 rings (SSSR count). The van der Waals surface area contributed by atoms with Crippen LogP contribution in [0.4, 0.5) is 10.2 Å². The van der Waals surface area contributed by atoms with E-state index in [4.69, 9.17) is 11.0 Å². The van der Waals surface area contributed by atoms with E-state index in [1.54, 1.807) is 19.9 Å². The van der Waals surface area contributed by atoms with Crippen LogP contribution in [0.25, 0.3) is 0 Å². The summed E-state index contributed by atoms with van der Waals surface area (Å²) in [5.74, 6) is -0.476. The van der Waals surface area contributed by atoms with Crippen LogP contribution < -0.4 is 11.1 Å². The van der Waals surface area contributed by atoms with Gasteiger partial charge in [0.1, 0.15) is 34.6 Å². The van der Waals surface area contributed by atoms with Gasteiger partial charge in [0.2, 0.25) is 0 Å². The van der Waals surface area contributed by atoms with E-state index in [-0.39, 0.29) is 28.8 Å². The van der Waals surface area contributed by atoms with Crippen LogP contribution in [0.1, 0.15) is 60.4 Å². The van der Waals surface area contributed by atoms with Crippen molar-refractivity contribution in [3.63, 3.8) is 0 Å². The molecular formula is C23H28FN7O2S. The number of nitrogens with two attached hydrogens (primary N) is 1. The van der Waals surface area contributed by atoms with E-state index < -0.39 is 27.0 Å². The van der Waals surface area contributed by atoms with E-state index in [2.05, 4.69) is 24.6 Å². The SMILES string of the molecule is CC/C(N)=N\C(C)(CS1(=O)=NCCCC1)c1nc(NC(=O)c2ncc(C#N)cc2C)ccc1F. The minimum Gasteiger partial charge on any atom is -0.387 e. The second-order valence-corrected chi connectivity index (χ2v) is 10.9. The van der Waals surface area contributed by atoms with Crippen molar-refractivity contribution in [2.75, 3.05) is 23.4 Å². The average molecular weight is 486 g/mol. The minimum absolute atomic E-state index is 0.0295.